The summed E-state index contributed by atoms with van der Waals surface area (Å²) in [5.41, 5.74) is 0.523. The van der Waals surface area contributed by atoms with Crippen LogP contribution in [0.5, 0.6) is 5.75 Å². The summed E-state index contributed by atoms with van der Waals surface area (Å²) in [5, 5.41) is 0. The Hall–Kier alpha value is -2.49. The fourth-order valence-corrected chi connectivity index (χ4v) is 5.88. The van der Waals surface area contributed by atoms with Crippen molar-refractivity contribution in [2.75, 3.05) is 33.4 Å². The molecule has 8 nitrogen and oxygen atoms in total. The normalized spacial score (nSPS) is 23.4. The third-order valence-corrected chi connectivity index (χ3v) is 7.57. The van der Waals surface area contributed by atoms with Crippen LogP contribution in [0.2, 0.25) is 0 Å². The Morgan fingerprint density at radius 3 is 2.77 bits per heavy atom. The number of pyridine rings is 1. The van der Waals surface area contributed by atoms with E-state index in [2.05, 4.69) is 4.98 Å². The number of amides is 1. The molecule has 3 heterocycles. The number of likely N-dealkylation sites (tertiary alicyclic amines) is 1. The van der Waals surface area contributed by atoms with E-state index >= 15 is 0 Å². The number of ether oxygens (including phenoxy) is 2. The number of fused-ring (bicyclic) bond motifs is 2. The van der Waals surface area contributed by atoms with Crippen molar-refractivity contribution in [2.24, 2.45) is 0 Å². The number of hydrogen-bond acceptors (Lipinski definition) is 6. The van der Waals surface area contributed by atoms with Gasteiger partial charge in [0, 0.05) is 45.6 Å². The zero-order valence-electron chi connectivity index (χ0n) is 16.8. The Morgan fingerprint density at radius 2 is 2.00 bits per heavy atom. The number of sulfonamides is 1. The number of carbonyl (C=O) groups excluding carboxylic acids is 1. The van der Waals surface area contributed by atoms with Crippen LogP contribution < -0.4 is 4.74 Å². The molecule has 9 heteroatoms. The molecule has 2 aliphatic heterocycles. The standard InChI is InChI=1S/C21H25N3O5S/c1-28-14-13-24-17-8-11-23(21(25)16-5-4-10-22-15-16)12-9-18(17)29-19-6-2-3-7-20(19)30(24,26)27/h2-7,10,15,17-18H,8-9,11-14H2,1H3/t17-,18-/m1/s1. The SMILES string of the molecule is COCCN1[C@@H]2CCN(C(=O)c3cccnc3)CC[C@H]2Oc2ccccc2S1(=O)=O. The van der Waals surface area contributed by atoms with Crippen LogP contribution in [0.1, 0.15) is 23.2 Å². The van der Waals surface area contributed by atoms with E-state index in [0.29, 0.717) is 37.2 Å². The van der Waals surface area contributed by atoms with E-state index in [0.717, 1.165) is 0 Å². The molecular formula is C21H25N3O5S. The molecular weight excluding hydrogens is 406 g/mol. The minimum absolute atomic E-state index is 0.105. The lowest BCUT2D eigenvalue weighted by Gasteiger charge is -2.31. The maximum absolute atomic E-state index is 13.4. The molecule has 2 atom stereocenters. The van der Waals surface area contributed by atoms with Gasteiger partial charge in [-0.15, -0.1) is 0 Å². The van der Waals surface area contributed by atoms with Crippen LogP contribution in [0.3, 0.4) is 0 Å². The molecule has 1 amide bonds. The van der Waals surface area contributed by atoms with E-state index < -0.39 is 10.0 Å². The van der Waals surface area contributed by atoms with Crippen molar-refractivity contribution in [1.29, 1.82) is 0 Å². The second kappa shape index (κ2) is 8.71. The summed E-state index contributed by atoms with van der Waals surface area (Å²) >= 11 is 0. The molecule has 0 saturated carbocycles. The van der Waals surface area contributed by atoms with Gasteiger partial charge in [-0.25, -0.2) is 8.42 Å². The molecule has 2 aliphatic rings. The smallest absolute Gasteiger partial charge is 0.255 e. The molecule has 4 rings (SSSR count). The maximum atomic E-state index is 13.4. The Morgan fingerprint density at radius 1 is 1.20 bits per heavy atom. The average molecular weight is 432 g/mol. The second-order valence-corrected chi connectivity index (χ2v) is 9.25. The van der Waals surface area contributed by atoms with Crippen LogP contribution in [0.4, 0.5) is 0 Å². The van der Waals surface area contributed by atoms with Gasteiger partial charge < -0.3 is 14.4 Å². The van der Waals surface area contributed by atoms with Gasteiger partial charge in [0.25, 0.3) is 5.91 Å². The van der Waals surface area contributed by atoms with Crippen molar-refractivity contribution in [2.45, 2.75) is 29.9 Å². The molecule has 1 fully saturated rings. The van der Waals surface area contributed by atoms with Crippen LogP contribution in [0.15, 0.2) is 53.7 Å². The number of methoxy groups -OCH3 is 1. The largest absolute Gasteiger partial charge is 0.487 e. The summed E-state index contributed by atoms with van der Waals surface area (Å²) in [6.45, 7) is 1.43. The zero-order valence-corrected chi connectivity index (χ0v) is 17.6. The highest BCUT2D eigenvalue weighted by Crippen LogP contribution is 2.36. The quantitative estimate of drug-likeness (QED) is 0.733. The van der Waals surface area contributed by atoms with Gasteiger partial charge in [-0.05, 0) is 30.7 Å². The molecule has 0 aliphatic carbocycles. The van der Waals surface area contributed by atoms with E-state index in [-0.39, 0.29) is 36.1 Å². The highest BCUT2D eigenvalue weighted by Gasteiger charge is 2.43. The van der Waals surface area contributed by atoms with Gasteiger partial charge in [-0.2, -0.15) is 4.31 Å². The van der Waals surface area contributed by atoms with Gasteiger partial charge in [0.1, 0.15) is 16.7 Å². The lowest BCUT2D eigenvalue weighted by Crippen LogP contribution is -2.48. The first kappa shape index (κ1) is 20.8. The topological polar surface area (TPSA) is 89.0 Å². The highest BCUT2D eigenvalue weighted by atomic mass is 32.2. The van der Waals surface area contributed by atoms with Crippen molar-refractivity contribution < 1.29 is 22.7 Å². The predicted molar refractivity (Wildman–Crippen MR) is 110 cm³/mol. The molecule has 0 bridgehead atoms. The predicted octanol–water partition coefficient (Wildman–Crippen LogP) is 1.78. The summed E-state index contributed by atoms with van der Waals surface area (Å²) in [6, 6.07) is 9.81. The van der Waals surface area contributed by atoms with Crippen molar-refractivity contribution in [3.63, 3.8) is 0 Å². The molecule has 0 spiro atoms. The number of para-hydroxylation sites is 1. The van der Waals surface area contributed by atoms with Crippen molar-refractivity contribution in [1.82, 2.24) is 14.2 Å². The van der Waals surface area contributed by atoms with Crippen molar-refractivity contribution in [3.8, 4) is 5.75 Å². The average Bonchev–Trinajstić information content (AvgIpc) is 3.01. The van der Waals surface area contributed by atoms with E-state index in [4.69, 9.17) is 9.47 Å². The van der Waals surface area contributed by atoms with Gasteiger partial charge in [0.2, 0.25) is 10.0 Å². The number of benzene rings is 1. The van der Waals surface area contributed by atoms with Crippen LogP contribution in [-0.4, -0.2) is 74.0 Å². The molecule has 0 unspecified atom stereocenters. The molecule has 0 radical (unpaired) electrons. The van der Waals surface area contributed by atoms with E-state index in [9.17, 15) is 13.2 Å². The third kappa shape index (κ3) is 3.92. The Balaban J connectivity index is 1.65. The number of aromatic nitrogens is 1. The zero-order chi connectivity index (χ0) is 21.1. The number of carbonyl (C=O) groups is 1. The summed E-state index contributed by atoms with van der Waals surface area (Å²) in [6.07, 6.45) is 3.83. The summed E-state index contributed by atoms with van der Waals surface area (Å²) in [7, 11) is -2.20. The van der Waals surface area contributed by atoms with Gasteiger partial charge in [-0.1, -0.05) is 12.1 Å². The van der Waals surface area contributed by atoms with Crippen molar-refractivity contribution in [3.05, 3.63) is 54.4 Å². The Labute approximate surface area is 176 Å². The lowest BCUT2D eigenvalue weighted by molar-refractivity contribution is 0.0754. The van der Waals surface area contributed by atoms with E-state index in [1.165, 1.54) is 4.31 Å². The first-order valence-corrected chi connectivity index (χ1v) is 11.4. The van der Waals surface area contributed by atoms with Gasteiger partial charge in [-0.3, -0.25) is 9.78 Å². The lowest BCUT2D eigenvalue weighted by atomic mass is 10.1. The minimum Gasteiger partial charge on any atom is -0.487 e. The first-order valence-electron chi connectivity index (χ1n) is 9.98. The number of hydrogen-bond donors (Lipinski definition) is 0. The van der Waals surface area contributed by atoms with E-state index in [1.54, 1.807) is 60.8 Å². The molecule has 160 valence electrons. The molecule has 30 heavy (non-hydrogen) atoms. The summed E-state index contributed by atoms with van der Waals surface area (Å²) in [5.74, 6) is 0.255. The molecule has 1 aromatic carbocycles. The third-order valence-electron chi connectivity index (χ3n) is 5.60. The monoisotopic (exact) mass is 431 g/mol. The summed E-state index contributed by atoms with van der Waals surface area (Å²) in [4.78, 5) is 18.9. The number of nitrogens with zero attached hydrogens (tertiary/aromatic N) is 3. The van der Waals surface area contributed by atoms with Crippen LogP contribution >= 0.6 is 0 Å². The fourth-order valence-electron chi connectivity index (χ4n) is 4.10. The first-order chi connectivity index (χ1) is 14.5. The molecule has 2 aromatic rings. The molecule has 1 aromatic heterocycles. The van der Waals surface area contributed by atoms with Crippen LogP contribution in [0.25, 0.3) is 0 Å². The number of rotatable bonds is 4. The van der Waals surface area contributed by atoms with Crippen LogP contribution in [0, 0.1) is 0 Å². The van der Waals surface area contributed by atoms with Gasteiger partial charge in [0.05, 0.1) is 18.2 Å². The summed E-state index contributed by atoms with van der Waals surface area (Å²) < 4.78 is 39.7. The maximum Gasteiger partial charge on any atom is 0.255 e. The molecule has 0 N–H and O–H groups in total. The Bertz CT molecular complexity index is 999. The Kier molecular flexibility index (Phi) is 6.03. The van der Waals surface area contributed by atoms with Crippen LogP contribution in [-0.2, 0) is 14.8 Å². The highest BCUT2D eigenvalue weighted by molar-refractivity contribution is 7.89. The van der Waals surface area contributed by atoms with Gasteiger partial charge in [0.15, 0.2) is 0 Å². The minimum atomic E-state index is -3.75. The second-order valence-electron chi connectivity index (χ2n) is 7.39. The van der Waals surface area contributed by atoms with Gasteiger partial charge >= 0.3 is 0 Å². The molecule has 1 saturated heterocycles. The fraction of sp³-hybridized carbons (Fsp3) is 0.429. The van der Waals surface area contributed by atoms with E-state index in [1.807, 2.05) is 0 Å². The van der Waals surface area contributed by atoms with Crippen molar-refractivity contribution >= 4 is 15.9 Å².